The molecule has 0 radical (unpaired) electrons. The number of hydrogen-bond donors (Lipinski definition) is 1. The average molecular weight is 347 g/mol. The van der Waals surface area contributed by atoms with Crippen molar-refractivity contribution in [1.29, 1.82) is 0 Å². The molecule has 1 N–H and O–H groups in total. The molecule has 3 heteroatoms. The number of hydrogen-bond acceptors (Lipinski definition) is 2. The lowest BCUT2D eigenvalue weighted by Crippen LogP contribution is -2.27. The van der Waals surface area contributed by atoms with Crippen LogP contribution in [0.5, 0.6) is 0 Å². The predicted octanol–water partition coefficient (Wildman–Crippen LogP) is 3.07. The van der Waals surface area contributed by atoms with Gasteiger partial charge in [0.15, 0.2) is 0 Å². The van der Waals surface area contributed by atoms with Crippen molar-refractivity contribution in [3.63, 3.8) is 0 Å². The third-order valence-corrected chi connectivity index (χ3v) is 3.75. The van der Waals surface area contributed by atoms with Gasteiger partial charge < -0.3 is 5.11 Å². The lowest BCUT2D eigenvalue weighted by molar-refractivity contribution is 0.0951. The van der Waals surface area contributed by atoms with Gasteiger partial charge in [-0.05, 0) is 12.5 Å². The Morgan fingerprint density at radius 1 is 1.29 bits per heavy atom. The van der Waals surface area contributed by atoms with Crippen molar-refractivity contribution in [2.45, 2.75) is 32.9 Å². The van der Waals surface area contributed by atoms with Crippen LogP contribution < -0.4 is 0 Å². The lowest BCUT2D eigenvalue weighted by Gasteiger charge is -2.26. The number of rotatable bonds is 2. The lowest BCUT2D eigenvalue weighted by atomic mass is 9.90. The van der Waals surface area contributed by atoms with E-state index in [1.807, 2.05) is 6.07 Å². The molecule has 1 aromatic carbocycles. The minimum Gasteiger partial charge on any atom is -0.391 e. The van der Waals surface area contributed by atoms with Crippen molar-refractivity contribution in [3.8, 4) is 0 Å². The smallest absolute Gasteiger partial charge is 0.0730 e. The van der Waals surface area contributed by atoms with Gasteiger partial charge in [0.05, 0.1) is 6.10 Å². The van der Waals surface area contributed by atoms with Gasteiger partial charge in [0.25, 0.3) is 0 Å². The molecule has 1 saturated heterocycles. The van der Waals surface area contributed by atoms with Crippen LogP contribution in [0.15, 0.2) is 30.3 Å². The Labute approximate surface area is 121 Å². The SMILES string of the molecule is CC(c1ccccc1)N1CC(O)C(C)(C)C1.I. The fourth-order valence-corrected chi connectivity index (χ4v) is 2.40. The molecule has 0 saturated carbocycles. The van der Waals surface area contributed by atoms with E-state index < -0.39 is 0 Å². The molecule has 2 nitrogen and oxygen atoms in total. The van der Waals surface area contributed by atoms with Crippen LogP contribution in [-0.2, 0) is 0 Å². The van der Waals surface area contributed by atoms with Crippen molar-refractivity contribution in [3.05, 3.63) is 35.9 Å². The second kappa shape index (κ2) is 5.67. The molecule has 96 valence electrons. The summed E-state index contributed by atoms with van der Waals surface area (Å²) in [4.78, 5) is 2.36. The maximum atomic E-state index is 9.98. The van der Waals surface area contributed by atoms with Gasteiger partial charge in [0.1, 0.15) is 0 Å². The summed E-state index contributed by atoms with van der Waals surface area (Å²) >= 11 is 0. The first-order chi connectivity index (χ1) is 7.50. The van der Waals surface area contributed by atoms with Crippen molar-refractivity contribution < 1.29 is 5.11 Å². The zero-order chi connectivity index (χ0) is 11.8. The van der Waals surface area contributed by atoms with E-state index in [9.17, 15) is 5.11 Å². The molecule has 1 aliphatic heterocycles. The molecule has 2 rings (SSSR count). The molecule has 2 atom stereocenters. The van der Waals surface area contributed by atoms with Gasteiger partial charge in [0, 0.05) is 24.5 Å². The van der Waals surface area contributed by atoms with Gasteiger partial charge in [-0.15, -0.1) is 24.0 Å². The Morgan fingerprint density at radius 3 is 2.35 bits per heavy atom. The van der Waals surface area contributed by atoms with Crippen LogP contribution in [-0.4, -0.2) is 29.2 Å². The number of aliphatic hydroxyl groups is 1. The molecule has 0 aliphatic carbocycles. The van der Waals surface area contributed by atoms with Crippen molar-refractivity contribution in [2.75, 3.05) is 13.1 Å². The summed E-state index contributed by atoms with van der Waals surface area (Å²) in [5.41, 5.74) is 1.34. The Hall–Kier alpha value is -0.130. The molecule has 1 heterocycles. The summed E-state index contributed by atoms with van der Waals surface area (Å²) in [7, 11) is 0. The van der Waals surface area contributed by atoms with E-state index in [-0.39, 0.29) is 35.5 Å². The number of likely N-dealkylation sites (tertiary alicyclic amines) is 1. The van der Waals surface area contributed by atoms with Gasteiger partial charge in [0.2, 0.25) is 0 Å². The first kappa shape index (κ1) is 14.9. The number of benzene rings is 1. The van der Waals surface area contributed by atoms with Crippen molar-refractivity contribution in [1.82, 2.24) is 4.90 Å². The van der Waals surface area contributed by atoms with E-state index in [1.165, 1.54) is 5.56 Å². The molecule has 0 spiro atoms. The average Bonchev–Trinajstić information content (AvgIpc) is 2.54. The van der Waals surface area contributed by atoms with Crippen LogP contribution >= 0.6 is 24.0 Å². The molecular weight excluding hydrogens is 325 g/mol. The zero-order valence-corrected chi connectivity index (χ0v) is 13.1. The molecule has 17 heavy (non-hydrogen) atoms. The van der Waals surface area contributed by atoms with Crippen LogP contribution in [0, 0.1) is 5.41 Å². The molecule has 1 fully saturated rings. The Morgan fingerprint density at radius 2 is 1.88 bits per heavy atom. The van der Waals surface area contributed by atoms with Crippen LogP contribution in [0.25, 0.3) is 0 Å². The second-order valence-corrected chi connectivity index (χ2v) is 5.52. The van der Waals surface area contributed by atoms with Gasteiger partial charge in [-0.25, -0.2) is 0 Å². The summed E-state index contributed by atoms with van der Waals surface area (Å²) in [5, 5.41) is 9.98. The highest BCUT2D eigenvalue weighted by Gasteiger charge is 2.39. The molecule has 0 aromatic heterocycles. The highest BCUT2D eigenvalue weighted by Crippen LogP contribution is 2.34. The van der Waals surface area contributed by atoms with Crippen LogP contribution in [0.3, 0.4) is 0 Å². The van der Waals surface area contributed by atoms with Gasteiger partial charge in [-0.1, -0.05) is 44.2 Å². The number of halogens is 1. The van der Waals surface area contributed by atoms with Gasteiger partial charge >= 0.3 is 0 Å². The molecular formula is C14H22INO. The summed E-state index contributed by atoms with van der Waals surface area (Å²) in [5.74, 6) is 0. The third kappa shape index (κ3) is 3.20. The highest BCUT2D eigenvalue weighted by atomic mass is 127. The first-order valence-electron chi connectivity index (χ1n) is 5.98. The predicted molar refractivity (Wildman–Crippen MR) is 81.6 cm³/mol. The fourth-order valence-electron chi connectivity index (χ4n) is 2.40. The Balaban J connectivity index is 0.00000144. The molecule has 2 unspecified atom stereocenters. The Bertz CT molecular complexity index is 352. The van der Waals surface area contributed by atoms with E-state index in [1.54, 1.807) is 0 Å². The van der Waals surface area contributed by atoms with E-state index in [0.717, 1.165) is 13.1 Å². The monoisotopic (exact) mass is 347 g/mol. The maximum absolute atomic E-state index is 9.98. The summed E-state index contributed by atoms with van der Waals surface area (Å²) < 4.78 is 0. The quantitative estimate of drug-likeness (QED) is 0.832. The summed E-state index contributed by atoms with van der Waals surface area (Å²) in [6.45, 7) is 8.22. The third-order valence-electron chi connectivity index (χ3n) is 3.75. The van der Waals surface area contributed by atoms with Crippen LogP contribution in [0.1, 0.15) is 32.4 Å². The van der Waals surface area contributed by atoms with E-state index in [2.05, 4.69) is 49.9 Å². The topological polar surface area (TPSA) is 23.5 Å². The van der Waals surface area contributed by atoms with Gasteiger partial charge in [-0.3, -0.25) is 4.90 Å². The zero-order valence-electron chi connectivity index (χ0n) is 10.8. The highest BCUT2D eigenvalue weighted by molar-refractivity contribution is 14.0. The number of nitrogens with zero attached hydrogens (tertiary/aromatic N) is 1. The van der Waals surface area contributed by atoms with Crippen LogP contribution in [0.2, 0.25) is 0 Å². The standard InChI is InChI=1S/C14H21NO.HI/c1-11(12-7-5-4-6-8-12)15-9-13(16)14(2,3)10-15;/h4-8,11,13,16H,9-10H2,1-3H3;1H. The largest absolute Gasteiger partial charge is 0.391 e. The second-order valence-electron chi connectivity index (χ2n) is 5.52. The Kier molecular flexibility index (Phi) is 4.98. The van der Waals surface area contributed by atoms with Crippen LogP contribution in [0.4, 0.5) is 0 Å². The number of β-amino-alcohol motifs (C(OH)–C–C–N with tert-alkyl or cyclic N) is 1. The maximum Gasteiger partial charge on any atom is 0.0730 e. The first-order valence-corrected chi connectivity index (χ1v) is 5.98. The van der Waals surface area contributed by atoms with E-state index in [0.29, 0.717) is 6.04 Å². The minimum absolute atomic E-state index is 0. The van der Waals surface area contributed by atoms with Crippen molar-refractivity contribution >= 4 is 24.0 Å². The van der Waals surface area contributed by atoms with E-state index in [4.69, 9.17) is 0 Å². The summed E-state index contributed by atoms with van der Waals surface area (Å²) in [6.07, 6.45) is -0.210. The fraction of sp³-hybridized carbons (Fsp3) is 0.571. The summed E-state index contributed by atoms with van der Waals surface area (Å²) in [6, 6.07) is 10.9. The van der Waals surface area contributed by atoms with Gasteiger partial charge in [-0.2, -0.15) is 0 Å². The molecule has 1 aromatic rings. The molecule has 1 aliphatic rings. The van der Waals surface area contributed by atoms with Crippen molar-refractivity contribution in [2.24, 2.45) is 5.41 Å². The van der Waals surface area contributed by atoms with E-state index >= 15 is 0 Å². The molecule has 0 bridgehead atoms. The molecule has 0 amide bonds. The normalized spacial score (nSPS) is 25.3. The minimum atomic E-state index is -0.210. The number of aliphatic hydroxyl groups excluding tert-OH is 1.